The number of anilines is 1. The molecule has 1 saturated heterocycles. The number of carbonyl (C=O) groups is 1. The van der Waals surface area contributed by atoms with Gasteiger partial charge in [0.05, 0.1) is 5.69 Å². The molecular formula is C13H16F2N2O. The topological polar surface area (TPSA) is 41.1 Å². The molecule has 0 saturated carbocycles. The Kier molecular flexibility index (Phi) is 4.25. The van der Waals surface area contributed by atoms with Gasteiger partial charge in [0.2, 0.25) is 5.91 Å². The molecule has 1 aliphatic heterocycles. The van der Waals surface area contributed by atoms with E-state index >= 15 is 0 Å². The van der Waals surface area contributed by atoms with Gasteiger partial charge in [-0.1, -0.05) is 0 Å². The van der Waals surface area contributed by atoms with Crippen molar-refractivity contribution in [1.82, 2.24) is 5.32 Å². The monoisotopic (exact) mass is 254 g/mol. The highest BCUT2D eigenvalue weighted by Gasteiger charge is 2.17. The van der Waals surface area contributed by atoms with Gasteiger partial charge in [0.1, 0.15) is 11.6 Å². The lowest BCUT2D eigenvalue weighted by molar-refractivity contribution is -0.117. The summed E-state index contributed by atoms with van der Waals surface area (Å²) in [7, 11) is 0. The van der Waals surface area contributed by atoms with Gasteiger partial charge in [0.25, 0.3) is 0 Å². The van der Waals surface area contributed by atoms with E-state index in [9.17, 15) is 13.6 Å². The fraction of sp³-hybridized carbons (Fsp3) is 0.462. The third-order valence-corrected chi connectivity index (χ3v) is 3.08. The minimum atomic E-state index is -0.619. The second kappa shape index (κ2) is 5.91. The third kappa shape index (κ3) is 3.50. The van der Waals surface area contributed by atoms with Crippen LogP contribution in [-0.4, -0.2) is 19.0 Å². The van der Waals surface area contributed by atoms with Gasteiger partial charge < -0.3 is 10.6 Å². The van der Waals surface area contributed by atoms with Crippen LogP contribution in [0.15, 0.2) is 18.2 Å². The van der Waals surface area contributed by atoms with Crippen molar-refractivity contribution in [3.8, 4) is 0 Å². The maximum absolute atomic E-state index is 13.3. The van der Waals surface area contributed by atoms with E-state index in [1.165, 1.54) is 0 Å². The van der Waals surface area contributed by atoms with E-state index in [1.54, 1.807) is 0 Å². The van der Waals surface area contributed by atoms with Gasteiger partial charge in [0, 0.05) is 12.5 Å². The van der Waals surface area contributed by atoms with Crippen LogP contribution in [0, 0.1) is 17.6 Å². The molecule has 1 amide bonds. The number of benzene rings is 1. The van der Waals surface area contributed by atoms with Crippen molar-refractivity contribution in [3.63, 3.8) is 0 Å². The summed E-state index contributed by atoms with van der Waals surface area (Å²) >= 11 is 0. The maximum Gasteiger partial charge on any atom is 0.224 e. The normalized spacial score (nSPS) is 19.6. The molecule has 3 nitrogen and oxygen atoms in total. The SMILES string of the molecule is O=C(CC1CCCNC1)Nc1cc(F)ccc1F. The van der Waals surface area contributed by atoms with Crippen molar-refractivity contribution in [2.45, 2.75) is 19.3 Å². The summed E-state index contributed by atoms with van der Waals surface area (Å²) < 4.78 is 26.2. The van der Waals surface area contributed by atoms with Gasteiger partial charge in [-0.3, -0.25) is 4.79 Å². The number of nitrogens with one attached hydrogen (secondary N) is 2. The van der Waals surface area contributed by atoms with E-state index in [-0.39, 0.29) is 17.5 Å². The van der Waals surface area contributed by atoms with Crippen LogP contribution in [0.2, 0.25) is 0 Å². The van der Waals surface area contributed by atoms with E-state index in [0.29, 0.717) is 6.42 Å². The Morgan fingerprint density at radius 2 is 2.28 bits per heavy atom. The van der Waals surface area contributed by atoms with E-state index in [0.717, 1.165) is 44.1 Å². The maximum atomic E-state index is 13.3. The molecule has 1 aliphatic rings. The number of hydrogen-bond donors (Lipinski definition) is 2. The fourth-order valence-electron chi connectivity index (χ4n) is 2.15. The predicted molar refractivity (Wildman–Crippen MR) is 65.2 cm³/mol. The molecule has 2 N–H and O–H groups in total. The second-order valence-electron chi connectivity index (χ2n) is 4.59. The molecule has 1 unspecified atom stereocenters. The molecule has 1 fully saturated rings. The van der Waals surface area contributed by atoms with Gasteiger partial charge in [-0.25, -0.2) is 8.78 Å². The summed E-state index contributed by atoms with van der Waals surface area (Å²) in [5, 5.41) is 5.63. The van der Waals surface area contributed by atoms with E-state index in [1.807, 2.05) is 0 Å². The number of hydrogen-bond acceptors (Lipinski definition) is 2. The van der Waals surface area contributed by atoms with Crippen molar-refractivity contribution >= 4 is 11.6 Å². The van der Waals surface area contributed by atoms with Crippen molar-refractivity contribution in [2.24, 2.45) is 5.92 Å². The standard InChI is InChI=1S/C13H16F2N2O/c14-10-3-4-11(15)12(7-10)17-13(18)6-9-2-1-5-16-8-9/h3-4,7,9,16H,1-2,5-6,8H2,(H,17,18). The lowest BCUT2D eigenvalue weighted by Gasteiger charge is -2.22. The highest BCUT2D eigenvalue weighted by atomic mass is 19.1. The molecule has 0 aliphatic carbocycles. The van der Waals surface area contributed by atoms with E-state index in [2.05, 4.69) is 10.6 Å². The Labute approximate surface area is 105 Å². The highest BCUT2D eigenvalue weighted by molar-refractivity contribution is 5.91. The molecule has 2 rings (SSSR count). The van der Waals surface area contributed by atoms with Crippen molar-refractivity contribution < 1.29 is 13.6 Å². The van der Waals surface area contributed by atoms with Crippen LogP contribution in [0.4, 0.5) is 14.5 Å². The van der Waals surface area contributed by atoms with Crippen LogP contribution < -0.4 is 10.6 Å². The third-order valence-electron chi connectivity index (χ3n) is 3.08. The average Bonchev–Trinajstić information content (AvgIpc) is 2.35. The highest BCUT2D eigenvalue weighted by Crippen LogP contribution is 2.18. The van der Waals surface area contributed by atoms with Crippen LogP contribution in [0.1, 0.15) is 19.3 Å². The number of amides is 1. The van der Waals surface area contributed by atoms with Crippen molar-refractivity contribution in [1.29, 1.82) is 0 Å². The fourth-order valence-corrected chi connectivity index (χ4v) is 2.15. The van der Waals surface area contributed by atoms with Crippen LogP contribution in [0.25, 0.3) is 0 Å². The van der Waals surface area contributed by atoms with Crippen molar-refractivity contribution in [3.05, 3.63) is 29.8 Å². The van der Waals surface area contributed by atoms with Crippen LogP contribution in [0.5, 0.6) is 0 Å². The van der Waals surface area contributed by atoms with E-state index < -0.39 is 11.6 Å². The molecule has 18 heavy (non-hydrogen) atoms. The van der Waals surface area contributed by atoms with Gasteiger partial charge >= 0.3 is 0 Å². The molecule has 0 bridgehead atoms. The Hall–Kier alpha value is -1.49. The predicted octanol–water partition coefficient (Wildman–Crippen LogP) is 2.29. The Morgan fingerprint density at radius 1 is 1.44 bits per heavy atom. The van der Waals surface area contributed by atoms with Crippen LogP contribution in [-0.2, 0) is 4.79 Å². The molecule has 1 heterocycles. The zero-order chi connectivity index (χ0) is 13.0. The largest absolute Gasteiger partial charge is 0.324 e. The smallest absolute Gasteiger partial charge is 0.224 e. The molecule has 1 aromatic rings. The molecule has 98 valence electrons. The quantitative estimate of drug-likeness (QED) is 0.869. The second-order valence-corrected chi connectivity index (χ2v) is 4.59. The molecule has 0 aromatic heterocycles. The summed E-state index contributed by atoms with van der Waals surface area (Å²) in [6.45, 7) is 1.79. The number of piperidine rings is 1. The van der Waals surface area contributed by atoms with Gasteiger partial charge in [-0.2, -0.15) is 0 Å². The lowest BCUT2D eigenvalue weighted by Crippen LogP contribution is -2.32. The number of carbonyl (C=O) groups excluding carboxylic acids is 1. The van der Waals surface area contributed by atoms with Gasteiger partial charge in [-0.05, 0) is 44.0 Å². The molecule has 1 aromatic carbocycles. The number of halogens is 2. The van der Waals surface area contributed by atoms with E-state index in [4.69, 9.17) is 0 Å². The number of rotatable bonds is 3. The summed E-state index contributed by atoms with van der Waals surface area (Å²) in [4.78, 5) is 11.7. The summed E-state index contributed by atoms with van der Waals surface area (Å²) in [5.41, 5.74) is -0.0937. The first-order valence-corrected chi connectivity index (χ1v) is 6.11. The zero-order valence-electron chi connectivity index (χ0n) is 10.0. The summed E-state index contributed by atoms with van der Waals surface area (Å²) in [6, 6.07) is 3.02. The average molecular weight is 254 g/mol. The Bertz CT molecular complexity index is 431. The van der Waals surface area contributed by atoms with Crippen LogP contribution >= 0.6 is 0 Å². The van der Waals surface area contributed by atoms with Gasteiger partial charge in [-0.15, -0.1) is 0 Å². The van der Waals surface area contributed by atoms with Crippen molar-refractivity contribution in [2.75, 3.05) is 18.4 Å². The molecule has 0 radical (unpaired) electrons. The zero-order valence-corrected chi connectivity index (χ0v) is 10.0. The lowest BCUT2D eigenvalue weighted by atomic mass is 9.96. The molecule has 0 spiro atoms. The first-order valence-electron chi connectivity index (χ1n) is 6.11. The van der Waals surface area contributed by atoms with Crippen LogP contribution in [0.3, 0.4) is 0 Å². The minimum absolute atomic E-state index is 0.0937. The Balaban J connectivity index is 1.92. The summed E-state index contributed by atoms with van der Waals surface area (Å²) in [5.74, 6) is -1.18. The first-order chi connectivity index (χ1) is 8.65. The molecule has 1 atom stereocenters. The Morgan fingerprint density at radius 3 is 3.00 bits per heavy atom. The molecular weight excluding hydrogens is 238 g/mol. The van der Waals surface area contributed by atoms with Gasteiger partial charge in [0.15, 0.2) is 0 Å². The summed E-state index contributed by atoms with van der Waals surface area (Å²) in [6.07, 6.45) is 2.38. The first kappa shape index (κ1) is 13.0. The molecule has 5 heteroatoms. The minimum Gasteiger partial charge on any atom is -0.324 e.